The molecule has 0 radical (unpaired) electrons. The van der Waals surface area contributed by atoms with Gasteiger partial charge in [-0.05, 0) is 61.4 Å². The van der Waals surface area contributed by atoms with Gasteiger partial charge in [0.2, 0.25) is 0 Å². The number of rotatable bonds is 8. The summed E-state index contributed by atoms with van der Waals surface area (Å²) in [5.74, 6) is 1.45. The minimum atomic E-state index is -4.34. The van der Waals surface area contributed by atoms with Crippen molar-refractivity contribution in [2.45, 2.75) is 19.0 Å². The maximum absolute atomic E-state index is 12.5. The monoisotopic (exact) mass is 383 g/mol. The highest BCUT2D eigenvalue weighted by Crippen LogP contribution is 2.30. The fourth-order valence-corrected chi connectivity index (χ4v) is 2.09. The average molecular weight is 383 g/mol. The van der Waals surface area contributed by atoms with E-state index in [0.717, 1.165) is 18.6 Å². The summed E-state index contributed by atoms with van der Waals surface area (Å²) in [4.78, 5) is 11.1. The van der Waals surface area contributed by atoms with Crippen LogP contribution in [0.1, 0.15) is 18.4 Å². The molecule has 2 rings (SSSR count). The highest BCUT2D eigenvalue weighted by Gasteiger charge is 2.29. The Morgan fingerprint density at radius 3 is 1.74 bits per heavy atom. The predicted octanol–water partition coefficient (Wildman–Crippen LogP) is 4.66. The Labute approximate surface area is 155 Å². The Morgan fingerprint density at radius 2 is 1.30 bits per heavy atom. The van der Waals surface area contributed by atoms with Crippen molar-refractivity contribution >= 4 is 6.09 Å². The Bertz CT molecular complexity index is 715. The molecule has 0 saturated heterocycles. The molecular formula is C19H20F3NO4. The van der Waals surface area contributed by atoms with Gasteiger partial charge in [-0.2, -0.15) is 13.2 Å². The minimum absolute atomic E-state index is 0.383. The van der Waals surface area contributed by atoms with E-state index in [2.05, 4.69) is 5.32 Å². The zero-order valence-corrected chi connectivity index (χ0v) is 14.7. The normalized spacial score (nSPS) is 11.0. The first-order chi connectivity index (χ1) is 12.9. The van der Waals surface area contributed by atoms with Gasteiger partial charge in [-0.1, -0.05) is 0 Å². The Morgan fingerprint density at radius 1 is 0.852 bits per heavy atom. The van der Waals surface area contributed by atoms with E-state index in [1.54, 1.807) is 24.3 Å². The van der Waals surface area contributed by atoms with Gasteiger partial charge in [0, 0.05) is 7.05 Å². The van der Waals surface area contributed by atoms with Crippen molar-refractivity contribution in [2.75, 3.05) is 20.3 Å². The van der Waals surface area contributed by atoms with Gasteiger partial charge >= 0.3 is 12.3 Å². The number of hydrogen-bond donors (Lipinski definition) is 1. The van der Waals surface area contributed by atoms with Crippen molar-refractivity contribution in [3.05, 3.63) is 54.1 Å². The lowest BCUT2D eigenvalue weighted by Crippen LogP contribution is -2.21. The predicted molar refractivity (Wildman–Crippen MR) is 93.2 cm³/mol. The van der Waals surface area contributed by atoms with Gasteiger partial charge in [0.15, 0.2) is 0 Å². The Balaban J connectivity index is 1.62. The van der Waals surface area contributed by atoms with Crippen LogP contribution in [0.4, 0.5) is 18.0 Å². The molecule has 8 heteroatoms. The van der Waals surface area contributed by atoms with Crippen LogP contribution in [0.25, 0.3) is 0 Å². The third-order valence-corrected chi connectivity index (χ3v) is 3.50. The average Bonchev–Trinajstić information content (AvgIpc) is 2.65. The fraction of sp³-hybridized carbons (Fsp3) is 0.316. The summed E-state index contributed by atoms with van der Waals surface area (Å²) in [5.41, 5.74) is -0.699. The van der Waals surface area contributed by atoms with Crippen LogP contribution < -0.4 is 19.5 Å². The van der Waals surface area contributed by atoms with E-state index >= 15 is 0 Å². The van der Waals surface area contributed by atoms with Gasteiger partial charge in [-0.25, -0.2) is 4.79 Å². The summed E-state index contributed by atoms with van der Waals surface area (Å²) in [6.07, 6.45) is -3.48. The molecule has 0 atom stereocenters. The van der Waals surface area contributed by atoms with Crippen LogP contribution in [0.2, 0.25) is 0 Å². The van der Waals surface area contributed by atoms with Gasteiger partial charge < -0.3 is 19.5 Å². The van der Waals surface area contributed by atoms with E-state index in [9.17, 15) is 18.0 Å². The lowest BCUT2D eigenvalue weighted by Gasteiger charge is -2.10. The lowest BCUT2D eigenvalue weighted by molar-refractivity contribution is -0.137. The molecular weight excluding hydrogens is 363 g/mol. The third-order valence-electron chi connectivity index (χ3n) is 3.50. The van der Waals surface area contributed by atoms with E-state index in [1.165, 1.54) is 19.2 Å². The van der Waals surface area contributed by atoms with E-state index in [-0.39, 0.29) is 0 Å². The summed E-state index contributed by atoms with van der Waals surface area (Å²) < 4.78 is 53.3. The summed E-state index contributed by atoms with van der Waals surface area (Å²) in [6.45, 7) is 0.847. The van der Waals surface area contributed by atoms with Crippen molar-refractivity contribution in [1.82, 2.24) is 5.32 Å². The third kappa shape index (κ3) is 7.08. The number of hydrogen-bond acceptors (Lipinski definition) is 4. The van der Waals surface area contributed by atoms with Crippen molar-refractivity contribution in [2.24, 2.45) is 0 Å². The molecule has 1 amide bonds. The molecule has 146 valence electrons. The minimum Gasteiger partial charge on any atom is -0.494 e. The van der Waals surface area contributed by atoms with Crippen molar-refractivity contribution in [1.29, 1.82) is 0 Å². The molecule has 0 aromatic heterocycles. The molecule has 0 spiro atoms. The second-order valence-electron chi connectivity index (χ2n) is 5.54. The molecule has 5 nitrogen and oxygen atoms in total. The second-order valence-corrected chi connectivity index (χ2v) is 5.54. The van der Waals surface area contributed by atoms with Crippen LogP contribution in [0.3, 0.4) is 0 Å². The molecule has 0 heterocycles. The number of ether oxygens (including phenoxy) is 3. The van der Waals surface area contributed by atoms with Crippen LogP contribution in [0.5, 0.6) is 17.2 Å². The SMILES string of the molecule is CNC(=O)Oc1ccc(OCCCCOc2ccc(C(F)(F)F)cc2)cc1. The first-order valence-corrected chi connectivity index (χ1v) is 8.31. The van der Waals surface area contributed by atoms with Crippen molar-refractivity contribution in [3.63, 3.8) is 0 Å². The zero-order valence-electron chi connectivity index (χ0n) is 14.7. The number of halogens is 3. The van der Waals surface area contributed by atoms with Gasteiger partial charge in [0.05, 0.1) is 18.8 Å². The first-order valence-electron chi connectivity index (χ1n) is 8.31. The number of nitrogens with one attached hydrogen (secondary N) is 1. The fourth-order valence-electron chi connectivity index (χ4n) is 2.09. The first kappa shape index (κ1) is 20.4. The summed E-state index contributed by atoms with van der Waals surface area (Å²) in [6, 6.07) is 11.2. The van der Waals surface area contributed by atoms with Crippen LogP contribution in [-0.2, 0) is 6.18 Å². The number of carbonyl (C=O) groups is 1. The molecule has 0 aliphatic carbocycles. The number of amides is 1. The second kappa shape index (κ2) is 9.70. The molecule has 0 unspecified atom stereocenters. The largest absolute Gasteiger partial charge is 0.494 e. The number of alkyl halides is 3. The molecule has 27 heavy (non-hydrogen) atoms. The quantitative estimate of drug-likeness (QED) is 0.674. The molecule has 0 aliphatic rings. The molecule has 0 fully saturated rings. The lowest BCUT2D eigenvalue weighted by atomic mass is 10.2. The smallest absolute Gasteiger partial charge is 0.416 e. The molecule has 1 N–H and O–H groups in total. The maximum atomic E-state index is 12.5. The van der Waals surface area contributed by atoms with Crippen LogP contribution in [-0.4, -0.2) is 26.4 Å². The summed E-state index contributed by atoms with van der Waals surface area (Å²) in [5, 5.41) is 2.35. The van der Waals surface area contributed by atoms with Gasteiger partial charge in [0.1, 0.15) is 17.2 Å². The molecule has 0 aliphatic heterocycles. The molecule has 0 saturated carbocycles. The highest BCUT2D eigenvalue weighted by molar-refractivity contribution is 5.69. The Hall–Kier alpha value is -2.90. The van der Waals surface area contributed by atoms with Crippen molar-refractivity contribution < 1.29 is 32.2 Å². The van der Waals surface area contributed by atoms with E-state index in [4.69, 9.17) is 14.2 Å². The Kier molecular flexibility index (Phi) is 7.34. The number of unbranched alkanes of at least 4 members (excludes halogenated alkanes) is 1. The summed E-state index contributed by atoms with van der Waals surface area (Å²) >= 11 is 0. The van der Waals surface area contributed by atoms with Gasteiger partial charge in [0.25, 0.3) is 0 Å². The highest BCUT2D eigenvalue weighted by atomic mass is 19.4. The molecule has 0 bridgehead atoms. The van der Waals surface area contributed by atoms with E-state index in [1.807, 2.05) is 0 Å². The number of carbonyl (C=O) groups excluding carboxylic acids is 1. The van der Waals surface area contributed by atoms with Crippen LogP contribution in [0, 0.1) is 0 Å². The molecule has 2 aromatic rings. The van der Waals surface area contributed by atoms with E-state index < -0.39 is 17.8 Å². The number of benzene rings is 2. The topological polar surface area (TPSA) is 56.8 Å². The summed E-state index contributed by atoms with van der Waals surface area (Å²) in [7, 11) is 1.47. The van der Waals surface area contributed by atoms with Crippen molar-refractivity contribution in [3.8, 4) is 17.2 Å². The van der Waals surface area contributed by atoms with Gasteiger partial charge in [-0.3, -0.25) is 0 Å². The zero-order chi connectivity index (χ0) is 19.7. The molecule has 2 aromatic carbocycles. The van der Waals surface area contributed by atoms with Gasteiger partial charge in [-0.15, -0.1) is 0 Å². The standard InChI is InChI=1S/C19H20F3NO4/c1-23-18(24)27-17-10-8-16(9-11-17)26-13-3-2-12-25-15-6-4-14(5-7-15)19(20,21)22/h4-11H,2-3,12-13H2,1H3,(H,23,24). The van der Waals surface area contributed by atoms with Crippen LogP contribution in [0.15, 0.2) is 48.5 Å². The van der Waals surface area contributed by atoms with Crippen LogP contribution >= 0.6 is 0 Å². The van der Waals surface area contributed by atoms with E-state index in [0.29, 0.717) is 36.9 Å². The maximum Gasteiger partial charge on any atom is 0.416 e.